The van der Waals surface area contributed by atoms with Gasteiger partial charge in [-0.2, -0.15) is 0 Å². The zero-order valence-corrected chi connectivity index (χ0v) is 62.1. The first-order chi connectivity index (χ1) is 56.6. The molecule has 0 N–H and O–H groups in total. The normalized spacial score (nSPS) is 11.9. The summed E-state index contributed by atoms with van der Waals surface area (Å²) in [6.07, 6.45) is 0. The molecule has 0 radical (unpaired) electrons. The predicted molar refractivity (Wildman–Crippen MR) is 482 cm³/mol. The largest absolute Gasteiger partial charge is 0.310 e. The standard InChI is InChI=1S/C108H70N6/c1-4-27-75(28-5-1)110-95-45-21-18-41-90(95)93-69-73(55-62-105(93)110)71-51-57-78(58-52-71)109(100-65-67-103(88-37-14-12-35-86(88)100)113-97-47-23-16-39-84(97)85-40-17-24-48-98(85)113)79-59-53-72(54-60-79)81-44-26-50-107-108(81)92-43-20-25-49-99(92)114(107)104-68-66-102(87-36-13-15-38-89(87)104)112(77-31-8-3-9-32-77)101-64-61-80(82-33-10-11-34-83(82)101)74-56-63-106-94(70-74)91-42-19-22-46-96(91)111(106)76-29-6-2-7-30-76/h1-70H. The molecule has 0 unspecified atom stereocenters. The molecule has 0 fully saturated rings. The summed E-state index contributed by atoms with van der Waals surface area (Å²) in [5.41, 5.74) is 27.4. The van der Waals surface area contributed by atoms with Crippen LogP contribution in [0.25, 0.3) is 176 Å². The minimum Gasteiger partial charge on any atom is -0.310 e. The van der Waals surface area contributed by atoms with E-state index in [2.05, 4.69) is 453 Å². The third-order valence-corrected chi connectivity index (χ3v) is 23.7. The van der Waals surface area contributed by atoms with Gasteiger partial charge >= 0.3 is 0 Å². The molecule has 0 saturated carbocycles. The van der Waals surface area contributed by atoms with Crippen LogP contribution in [-0.2, 0) is 0 Å². The second-order valence-corrected chi connectivity index (χ2v) is 29.8. The van der Waals surface area contributed by atoms with Crippen molar-refractivity contribution in [2.24, 2.45) is 0 Å². The third kappa shape index (κ3) is 10.1. The van der Waals surface area contributed by atoms with Crippen molar-refractivity contribution in [1.82, 2.24) is 18.3 Å². The lowest BCUT2D eigenvalue weighted by Gasteiger charge is -2.29. The number of aromatic nitrogens is 4. The van der Waals surface area contributed by atoms with E-state index in [0.29, 0.717) is 0 Å². The van der Waals surface area contributed by atoms with E-state index in [1.165, 1.54) is 104 Å². The molecule has 0 aliphatic heterocycles. The van der Waals surface area contributed by atoms with E-state index >= 15 is 0 Å². The Morgan fingerprint density at radius 3 is 1.01 bits per heavy atom. The summed E-state index contributed by atoms with van der Waals surface area (Å²) in [6, 6.07) is 157. The molecular formula is C108H70N6. The summed E-state index contributed by atoms with van der Waals surface area (Å²) in [6.45, 7) is 0. The Hall–Kier alpha value is -15.2. The number of para-hydroxylation sites is 8. The van der Waals surface area contributed by atoms with Gasteiger partial charge in [-0.15, -0.1) is 0 Å². The molecule has 23 rings (SSSR count). The molecule has 0 aliphatic carbocycles. The van der Waals surface area contributed by atoms with Gasteiger partial charge < -0.3 is 28.1 Å². The van der Waals surface area contributed by atoms with E-state index in [1.54, 1.807) is 0 Å². The van der Waals surface area contributed by atoms with Crippen LogP contribution >= 0.6 is 0 Å². The van der Waals surface area contributed by atoms with Crippen LogP contribution in [0.3, 0.4) is 0 Å². The van der Waals surface area contributed by atoms with Gasteiger partial charge in [-0.1, -0.05) is 273 Å². The molecule has 0 spiro atoms. The predicted octanol–water partition coefficient (Wildman–Crippen LogP) is 29.5. The average Bonchev–Trinajstić information content (AvgIpc) is 1.47. The zero-order valence-electron chi connectivity index (χ0n) is 62.1. The number of nitrogens with zero attached hydrogens (tertiary/aromatic N) is 6. The molecule has 4 aromatic heterocycles. The van der Waals surface area contributed by atoms with E-state index < -0.39 is 0 Å². The van der Waals surface area contributed by atoms with E-state index in [9.17, 15) is 0 Å². The van der Waals surface area contributed by atoms with Crippen LogP contribution in [0, 0.1) is 0 Å². The minimum absolute atomic E-state index is 1.05. The quantitative estimate of drug-likeness (QED) is 0.115. The minimum atomic E-state index is 1.05. The van der Waals surface area contributed by atoms with Gasteiger partial charge in [0.15, 0.2) is 0 Å². The van der Waals surface area contributed by atoms with Gasteiger partial charge in [0.1, 0.15) is 0 Å². The van der Waals surface area contributed by atoms with Gasteiger partial charge in [-0.3, -0.25) is 0 Å². The summed E-state index contributed by atoms with van der Waals surface area (Å²) in [5, 5.41) is 16.7. The summed E-state index contributed by atoms with van der Waals surface area (Å²) >= 11 is 0. The summed E-state index contributed by atoms with van der Waals surface area (Å²) in [5.74, 6) is 0. The van der Waals surface area contributed by atoms with Crippen molar-refractivity contribution in [3.8, 4) is 56.1 Å². The second-order valence-electron chi connectivity index (χ2n) is 29.8. The Kier molecular flexibility index (Phi) is 14.9. The molecule has 4 heterocycles. The number of benzene rings is 19. The van der Waals surface area contributed by atoms with Crippen LogP contribution in [0.2, 0.25) is 0 Å². The van der Waals surface area contributed by atoms with E-state index in [-0.39, 0.29) is 0 Å². The molecule has 0 amide bonds. The smallest absolute Gasteiger partial charge is 0.0547 e. The molecule has 19 aromatic carbocycles. The number of hydrogen-bond acceptors (Lipinski definition) is 2. The number of anilines is 6. The van der Waals surface area contributed by atoms with Gasteiger partial charge in [-0.05, 0) is 190 Å². The molecule has 0 bridgehead atoms. The summed E-state index contributed by atoms with van der Waals surface area (Å²) in [7, 11) is 0. The average molecular weight is 1450 g/mol. The highest BCUT2D eigenvalue weighted by atomic mass is 15.2. The molecule has 0 saturated heterocycles. The van der Waals surface area contributed by atoms with Gasteiger partial charge in [0, 0.05) is 98.5 Å². The monoisotopic (exact) mass is 1450 g/mol. The molecule has 532 valence electrons. The SMILES string of the molecule is c1ccc(N(c2ccc(-c3ccc4c(c3)c3ccccc3n4-c3ccccc3)c3ccccc23)c2ccc(-n3c4ccccc4c4c(-c5ccc(N(c6ccc(-c7ccc8c(c7)c7ccccc7n8-c7ccccc7)cc6)c6ccc(-n7c8ccccc8c8ccccc87)c7ccccc67)cc5)cccc43)c3ccccc23)cc1. The van der Waals surface area contributed by atoms with Gasteiger partial charge in [0.05, 0.1) is 72.6 Å². The van der Waals surface area contributed by atoms with Gasteiger partial charge in [-0.25, -0.2) is 0 Å². The first kappa shape index (κ1) is 64.7. The van der Waals surface area contributed by atoms with Crippen molar-refractivity contribution in [3.05, 3.63) is 425 Å². The maximum Gasteiger partial charge on any atom is 0.0547 e. The van der Waals surface area contributed by atoms with Gasteiger partial charge in [0.25, 0.3) is 0 Å². The Bertz CT molecular complexity index is 7730. The lowest BCUT2D eigenvalue weighted by atomic mass is 9.95. The molecule has 114 heavy (non-hydrogen) atoms. The maximum absolute atomic E-state index is 2.50. The third-order valence-electron chi connectivity index (χ3n) is 23.7. The van der Waals surface area contributed by atoms with E-state index in [1.807, 2.05) is 0 Å². The van der Waals surface area contributed by atoms with Crippen LogP contribution in [-0.4, -0.2) is 18.3 Å². The van der Waals surface area contributed by atoms with E-state index in [0.717, 1.165) is 106 Å². The van der Waals surface area contributed by atoms with Crippen molar-refractivity contribution >= 4 is 154 Å². The van der Waals surface area contributed by atoms with Crippen LogP contribution < -0.4 is 9.80 Å². The summed E-state index contributed by atoms with van der Waals surface area (Å²) < 4.78 is 9.72. The lowest BCUT2D eigenvalue weighted by molar-refractivity contribution is 1.18. The van der Waals surface area contributed by atoms with Crippen molar-refractivity contribution in [2.45, 2.75) is 0 Å². The van der Waals surface area contributed by atoms with Crippen molar-refractivity contribution in [1.29, 1.82) is 0 Å². The van der Waals surface area contributed by atoms with Crippen LogP contribution in [0.15, 0.2) is 425 Å². The second kappa shape index (κ2) is 26.2. The number of rotatable bonds is 13. The highest BCUT2D eigenvalue weighted by molar-refractivity contribution is 6.19. The Morgan fingerprint density at radius 1 is 0.158 bits per heavy atom. The highest BCUT2D eigenvalue weighted by Crippen LogP contribution is 2.50. The topological polar surface area (TPSA) is 26.2 Å². The van der Waals surface area contributed by atoms with Crippen LogP contribution in [0.5, 0.6) is 0 Å². The molecule has 0 atom stereocenters. The van der Waals surface area contributed by atoms with Gasteiger partial charge in [0.2, 0.25) is 0 Å². The first-order valence-corrected chi connectivity index (χ1v) is 39.2. The number of fused-ring (bicyclic) bond motifs is 15. The maximum atomic E-state index is 2.50. The number of hydrogen-bond donors (Lipinski definition) is 0. The molecule has 6 heteroatoms. The fraction of sp³-hybridized carbons (Fsp3) is 0. The fourth-order valence-electron chi connectivity index (χ4n) is 18.8. The zero-order chi connectivity index (χ0) is 74.9. The molecule has 23 aromatic rings. The highest BCUT2D eigenvalue weighted by Gasteiger charge is 2.26. The molecule has 6 nitrogen and oxygen atoms in total. The van der Waals surface area contributed by atoms with Crippen molar-refractivity contribution in [3.63, 3.8) is 0 Å². The molecular weight excluding hydrogens is 1380 g/mol. The fourth-order valence-corrected chi connectivity index (χ4v) is 18.8. The Labute approximate surface area is 658 Å². The summed E-state index contributed by atoms with van der Waals surface area (Å²) in [4.78, 5) is 4.92. The van der Waals surface area contributed by atoms with Crippen molar-refractivity contribution < 1.29 is 0 Å². The van der Waals surface area contributed by atoms with Crippen molar-refractivity contribution in [2.75, 3.05) is 9.80 Å². The Morgan fingerprint density at radius 2 is 0.491 bits per heavy atom. The Balaban J connectivity index is 0.643. The van der Waals surface area contributed by atoms with E-state index in [4.69, 9.17) is 0 Å². The first-order valence-electron chi connectivity index (χ1n) is 39.2. The molecule has 0 aliphatic rings. The lowest BCUT2D eigenvalue weighted by Crippen LogP contribution is -2.11. The van der Waals surface area contributed by atoms with Crippen LogP contribution in [0.1, 0.15) is 0 Å². The van der Waals surface area contributed by atoms with Crippen LogP contribution in [0.4, 0.5) is 34.1 Å².